The molecule has 1 aliphatic heterocycles. The number of nitrogens with one attached hydrogen (secondary N) is 2. The van der Waals surface area contributed by atoms with E-state index in [0.717, 1.165) is 42.4 Å². The van der Waals surface area contributed by atoms with Crippen LogP contribution in [0.1, 0.15) is 24.2 Å². The monoisotopic (exact) mass is 230 g/mol. The molecule has 0 unspecified atom stereocenters. The Morgan fingerprint density at radius 2 is 2.18 bits per heavy atom. The smallest absolute Gasteiger partial charge is 0.177 e. The molecular weight excluding hydrogens is 212 g/mol. The highest BCUT2D eigenvalue weighted by Gasteiger charge is 2.16. The lowest BCUT2D eigenvalue weighted by Crippen LogP contribution is -2.28. The number of fused-ring (bicyclic) bond motifs is 1. The second-order valence-electron chi connectivity index (χ2n) is 4.91. The van der Waals surface area contributed by atoms with Crippen LogP contribution in [0.25, 0.3) is 11.2 Å². The molecule has 0 saturated carbocycles. The van der Waals surface area contributed by atoms with Gasteiger partial charge in [-0.15, -0.1) is 0 Å². The summed E-state index contributed by atoms with van der Waals surface area (Å²) in [5.41, 5.74) is 3.17. The number of pyridine rings is 1. The summed E-state index contributed by atoms with van der Waals surface area (Å²) in [4.78, 5) is 12.3. The van der Waals surface area contributed by atoms with Crippen LogP contribution in [0, 0.1) is 12.8 Å². The van der Waals surface area contributed by atoms with Gasteiger partial charge in [0.05, 0.1) is 5.52 Å². The Morgan fingerprint density at radius 3 is 2.94 bits per heavy atom. The molecule has 0 aromatic carbocycles. The Hall–Kier alpha value is -1.42. The maximum atomic E-state index is 4.58. The van der Waals surface area contributed by atoms with Crippen molar-refractivity contribution >= 4 is 11.2 Å². The van der Waals surface area contributed by atoms with E-state index in [1.165, 1.54) is 18.4 Å². The molecule has 2 aromatic heterocycles. The molecular formula is C13H18N4. The lowest BCUT2D eigenvalue weighted by atomic mass is 9.94. The number of rotatable bonds is 2. The van der Waals surface area contributed by atoms with Crippen LogP contribution in [0.2, 0.25) is 0 Å². The van der Waals surface area contributed by atoms with Crippen molar-refractivity contribution in [3.05, 3.63) is 23.7 Å². The minimum absolute atomic E-state index is 0.761. The first kappa shape index (κ1) is 10.7. The van der Waals surface area contributed by atoms with Crippen molar-refractivity contribution < 1.29 is 0 Å². The molecule has 2 N–H and O–H groups in total. The third kappa shape index (κ3) is 2.17. The Kier molecular flexibility index (Phi) is 2.81. The molecule has 4 nitrogen and oxygen atoms in total. The van der Waals surface area contributed by atoms with Gasteiger partial charge in [-0.2, -0.15) is 0 Å². The number of aromatic amines is 1. The van der Waals surface area contributed by atoms with Gasteiger partial charge in [0.1, 0.15) is 5.82 Å². The fourth-order valence-corrected chi connectivity index (χ4v) is 2.54. The number of aryl methyl sites for hydroxylation is 1. The molecule has 1 aliphatic rings. The molecule has 90 valence electrons. The molecule has 2 aromatic rings. The first-order valence-corrected chi connectivity index (χ1v) is 6.34. The Labute approximate surface area is 101 Å². The molecule has 4 heteroatoms. The van der Waals surface area contributed by atoms with E-state index < -0.39 is 0 Å². The summed E-state index contributed by atoms with van der Waals surface area (Å²) in [5, 5.41) is 3.39. The quantitative estimate of drug-likeness (QED) is 0.827. The zero-order valence-electron chi connectivity index (χ0n) is 10.2. The van der Waals surface area contributed by atoms with Crippen LogP contribution in [0.5, 0.6) is 0 Å². The van der Waals surface area contributed by atoms with Gasteiger partial charge in [-0.1, -0.05) is 0 Å². The summed E-state index contributed by atoms with van der Waals surface area (Å²) < 4.78 is 0. The second kappa shape index (κ2) is 4.45. The Bertz CT molecular complexity index is 511. The predicted molar refractivity (Wildman–Crippen MR) is 67.9 cm³/mol. The highest BCUT2D eigenvalue weighted by Crippen LogP contribution is 2.19. The molecule has 0 spiro atoms. The summed E-state index contributed by atoms with van der Waals surface area (Å²) in [6.45, 7) is 4.38. The van der Waals surface area contributed by atoms with Gasteiger partial charge in [0.2, 0.25) is 0 Å². The molecule has 3 rings (SSSR count). The topological polar surface area (TPSA) is 53.6 Å². The van der Waals surface area contributed by atoms with E-state index in [9.17, 15) is 0 Å². The molecule has 1 fully saturated rings. The first-order chi connectivity index (χ1) is 8.33. The van der Waals surface area contributed by atoms with Gasteiger partial charge in [-0.05, 0) is 50.4 Å². The molecule has 3 heterocycles. The van der Waals surface area contributed by atoms with Crippen LogP contribution in [0.4, 0.5) is 0 Å². The highest BCUT2D eigenvalue weighted by molar-refractivity contribution is 5.74. The van der Waals surface area contributed by atoms with Gasteiger partial charge in [0, 0.05) is 12.6 Å². The van der Waals surface area contributed by atoms with E-state index >= 15 is 0 Å². The number of aromatic nitrogens is 3. The van der Waals surface area contributed by atoms with Crippen LogP contribution in [0.3, 0.4) is 0 Å². The van der Waals surface area contributed by atoms with Crippen molar-refractivity contribution in [2.45, 2.75) is 26.2 Å². The van der Waals surface area contributed by atoms with Crippen molar-refractivity contribution in [3.63, 3.8) is 0 Å². The summed E-state index contributed by atoms with van der Waals surface area (Å²) in [7, 11) is 0. The average Bonchev–Trinajstić information content (AvgIpc) is 2.74. The first-order valence-electron chi connectivity index (χ1n) is 6.34. The van der Waals surface area contributed by atoms with Crippen LogP contribution >= 0.6 is 0 Å². The molecule has 17 heavy (non-hydrogen) atoms. The predicted octanol–water partition coefficient (Wildman–Crippen LogP) is 1.81. The fourth-order valence-electron chi connectivity index (χ4n) is 2.54. The number of imidazole rings is 1. The zero-order valence-corrected chi connectivity index (χ0v) is 10.2. The minimum Gasteiger partial charge on any atom is -0.340 e. The van der Waals surface area contributed by atoms with E-state index in [1.807, 2.05) is 12.3 Å². The van der Waals surface area contributed by atoms with Crippen molar-refractivity contribution in [2.75, 3.05) is 13.1 Å². The lowest BCUT2D eigenvalue weighted by Gasteiger charge is -2.21. The van der Waals surface area contributed by atoms with Crippen molar-refractivity contribution in [2.24, 2.45) is 5.92 Å². The number of H-pyrrole nitrogens is 1. The average molecular weight is 230 g/mol. The zero-order chi connectivity index (χ0) is 11.7. The molecule has 0 amide bonds. The van der Waals surface area contributed by atoms with E-state index in [4.69, 9.17) is 0 Å². The summed E-state index contributed by atoms with van der Waals surface area (Å²) in [6.07, 6.45) is 5.39. The number of hydrogen-bond acceptors (Lipinski definition) is 3. The normalized spacial score (nSPS) is 17.7. The fraction of sp³-hybridized carbons (Fsp3) is 0.538. The lowest BCUT2D eigenvalue weighted by molar-refractivity contribution is 0.368. The molecule has 0 aliphatic carbocycles. The van der Waals surface area contributed by atoms with E-state index in [1.54, 1.807) is 0 Å². The Morgan fingerprint density at radius 1 is 1.35 bits per heavy atom. The number of hydrogen-bond donors (Lipinski definition) is 2. The van der Waals surface area contributed by atoms with Crippen LogP contribution in [-0.2, 0) is 6.42 Å². The van der Waals surface area contributed by atoms with Crippen LogP contribution < -0.4 is 5.32 Å². The van der Waals surface area contributed by atoms with Crippen LogP contribution in [-0.4, -0.2) is 28.0 Å². The van der Waals surface area contributed by atoms with E-state index in [-0.39, 0.29) is 0 Å². The van der Waals surface area contributed by atoms with E-state index in [2.05, 4.69) is 27.2 Å². The van der Waals surface area contributed by atoms with Crippen molar-refractivity contribution in [1.82, 2.24) is 20.3 Å². The molecule has 0 radical (unpaired) electrons. The third-order valence-corrected chi connectivity index (χ3v) is 3.59. The van der Waals surface area contributed by atoms with Crippen LogP contribution in [0.15, 0.2) is 12.3 Å². The second-order valence-corrected chi connectivity index (χ2v) is 4.91. The number of nitrogens with zero attached hydrogens (tertiary/aromatic N) is 2. The third-order valence-electron chi connectivity index (χ3n) is 3.59. The maximum absolute atomic E-state index is 4.58. The van der Waals surface area contributed by atoms with Crippen molar-refractivity contribution in [3.8, 4) is 0 Å². The molecule has 1 saturated heterocycles. The molecule has 0 bridgehead atoms. The maximum Gasteiger partial charge on any atom is 0.177 e. The summed E-state index contributed by atoms with van der Waals surface area (Å²) in [6, 6.07) is 2.02. The van der Waals surface area contributed by atoms with Gasteiger partial charge in [-0.25, -0.2) is 9.97 Å². The number of piperidine rings is 1. The summed E-state index contributed by atoms with van der Waals surface area (Å²) in [5.74, 6) is 1.85. The Balaban J connectivity index is 1.83. The highest BCUT2D eigenvalue weighted by atomic mass is 15.0. The standard InChI is InChI=1S/C13H18N4/c1-9-2-7-15-13-12(9)16-11(17-13)8-10-3-5-14-6-4-10/h2,7,10,14H,3-6,8H2,1H3,(H,15,16,17). The van der Waals surface area contributed by atoms with Gasteiger partial charge in [-0.3, -0.25) is 0 Å². The minimum atomic E-state index is 0.761. The summed E-state index contributed by atoms with van der Waals surface area (Å²) >= 11 is 0. The largest absolute Gasteiger partial charge is 0.340 e. The van der Waals surface area contributed by atoms with Gasteiger partial charge >= 0.3 is 0 Å². The van der Waals surface area contributed by atoms with E-state index in [0.29, 0.717) is 0 Å². The van der Waals surface area contributed by atoms with Crippen molar-refractivity contribution in [1.29, 1.82) is 0 Å². The van der Waals surface area contributed by atoms with Gasteiger partial charge in [0.25, 0.3) is 0 Å². The van der Waals surface area contributed by atoms with Gasteiger partial charge < -0.3 is 10.3 Å². The SMILES string of the molecule is Cc1ccnc2nc(CC3CCNCC3)[nH]c12. The van der Waals surface area contributed by atoms with Gasteiger partial charge in [0.15, 0.2) is 5.65 Å². The molecule has 0 atom stereocenters.